The van der Waals surface area contributed by atoms with Gasteiger partial charge in [-0.1, -0.05) is 17.7 Å². The highest BCUT2D eigenvalue weighted by molar-refractivity contribution is 6.31. The van der Waals surface area contributed by atoms with Gasteiger partial charge in [0, 0.05) is 23.4 Å². The summed E-state index contributed by atoms with van der Waals surface area (Å²) in [5.41, 5.74) is 2.08. The van der Waals surface area contributed by atoms with Crippen LogP contribution in [0, 0.1) is 0 Å². The van der Waals surface area contributed by atoms with Crippen molar-refractivity contribution in [1.82, 2.24) is 15.1 Å². The van der Waals surface area contributed by atoms with E-state index in [0.717, 1.165) is 34.4 Å². The van der Waals surface area contributed by atoms with E-state index in [-0.39, 0.29) is 12.7 Å². The summed E-state index contributed by atoms with van der Waals surface area (Å²) in [6.45, 7) is 1.37. The maximum absolute atomic E-state index is 12.1. The Balaban J connectivity index is 1.26. The summed E-state index contributed by atoms with van der Waals surface area (Å²) in [4.78, 5) is 12.1. The zero-order valence-corrected chi connectivity index (χ0v) is 14.8. The molecule has 0 saturated heterocycles. The minimum Gasteiger partial charge on any atom is -0.454 e. The number of rotatable bonds is 6. The van der Waals surface area contributed by atoms with E-state index in [1.807, 2.05) is 41.1 Å². The molecule has 1 aliphatic heterocycles. The van der Waals surface area contributed by atoms with E-state index < -0.39 is 0 Å². The van der Waals surface area contributed by atoms with Crippen molar-refractivity contribution in [2.24, 2.45) is 0 Å². The van der Waals surface area contributed by atoms with Crippen molar-refractivity contribution in [2.45, 2.75) is 19.4 Å². The third kappa shape index (κ3) is 3.60. The van der Waals surface area contributed by atoms with Gasteiger partial charge in [-0.15, -0.1) is 0 Å². The van der Waals surface area contributed by atoms with Gasteiger partial charge in [-0.05, 0) is 42.3 Å². The summed E-state index contributed by atoms with van der Waals surface area (Å²) in [6, 6.07) is 11.5. The SMILES string of the molecule is O=C(CCn1ncc2cc(Cl)ccc21)NCCc1ccc2c(c1)OCO2. The van der Waals surface area contributed by atoms with Crippen LogP contribution in [0.3, 0.4) is 0 Å². The van der Waals surface area contributed by atoms with Crippen molar-refractivity contribution in [3.05, 3.63) is 53.2 Å². The van der Waals surface area contributed by atoms with Crippen LogP contribution in [-0.4, -0.2) is 29.0 Å². The van der Waals surface area contributed by atoms with Gasteiger partial charge in [0.15, 0.2) is 11.5 Å². The van der Waals surface area contributed by atoms with Crippen molar-refractivity contribution in [3.8, 4) is 11.5 Å². The maximum Gasteiger partial charge on any atom is 0.231 e. The number of nitrogens with one attached hydrogen (secondary N) is 1. The topological polar surface area (TPSA) is 65.4 Å². The first-order valence-electron chi connectivity index (χ1n) is 8.45. The minimum absolute atomic E-state index is 0.00311. The number of carbonyl (C=O) groups is 1. The fourth-order valence-corrected chi connectivity index (χ4v) is 3.16. The number of carbonyl (C=O) groups excluding carboxylic acids is 1. The van der Waals surface area contributed by atoms with E-state index in [1.54, 1.807) is 6.20 Å². The Bertz CT molecular complexity index is 954. The second-order valence-electron chi connectivity index (χ2n) is 6.11. The van der Waals surface area contributed by atoms with Gasteiger partial charge >= 0.3 is 0 Å². The van der Waals surface area contributed by atoms with Gasteiger partial charge in [-0.25, -0.2) is 0 Å². The number of amides is 1. The van der Waals surface area contributed by atoms with Crippen LogP contribution < -0.4 is 14.8 Å². The number of hydrogen-bond acceptors (Lipinski definition) is 4. The van der Waals surface area contributed by atoms with E-state index in [1.165, 1.54) is 0 Å². The molecule has 4 rings (SSSR count). The molecule has 0 aliphatic carbocycles. The fourth-order valence-electron chi connectivity index (χ4n) is 2.97. The number of aryl methyl sites for hydroxylation is 1. The van der Waals surface area contributed by atoms with Crippen LogP contribution in [-0.2, 0) is 17.8 Å². The highest BCUT2D eigenvalue weighted by atomic mass is 35.5. The highest BCUT2D eigenvalue weighted by Crippen LogP contribution is 2.32. The monoisotopic (exact) mass is 371 g/mol. The average molecular weight is 372 g/mol. The van der Waals surface area contributed by atoms with Crippen LogP contribution in [0.25, 0.3) is 10.9 Å². The number of hydrogen-bond donors (Lipinski definition) is 1. The Morgan fingerprint density at radius 2 is 2.08 bits per heavy atom. The Hall–Kier alpha value is -2.73. The van der Waals surface area contributed by atoms with Gasteiger partial charge in [-0.2, -0.15) is 5.10 Å². The third-order valence-corrected chi connectivity index (χ3v) is 4.56. The summed E-state index contributed by atoms with van der Waals surface area (Å²) < 4.78 is 12.5. The summed E-state index contributed by atoms with van der Waals surface area (Å²) in [6.07, 6.45) is 2.88. The molecule has 0 bridgehead atoms. The molecule has 134 valence electrons. The first-order chi connectivity index (χ1) is 12.7. The molecular formula is C19H18ClN3O3. The predicted octanol–water partition coefficient (Wildman–Crippen LogP) is 3.17. The van der Waals surface area contributed by atoms with E-state index in [9.17, 15) is 4.79 Å². The Kier molecular flexibility index (Phi) is 4.67. The van der Waals surface area contributed by atoms with E-state index in [4.69, 9.17) is 21.1 Å². The van der Waals surface area contributed by atoms with E-state index >= 15 is 0 Å². The van der Waals surface area contributed by atoms with Crippen LogP contribution in [0.5, 0.6) is 11.5 Å². The Morgan fingerprint density at radius 1 is 1.19 bits per heavy atom. The zero-order chi connectivity index (χ0) is 17.9. The van der Waals surface area contributed by atoms with Gasteiger partial charge in [0.2, 0.25) is 12.7 Å². The molecule has 0 fully saturated rings. The lowest BCUT2D eigenvalue weighted by atomic mass is 10.1. The van der Waals surface area contributed by atoms with E-state index in [2.05, 4.69) is 10.4 Å². The van der Waals surface area contributed by atoms with Crippen LogP contribution in [0.15, 0.2) is 42.6 Å². The molecule has 1 amide bonds. The van der Waals surface area contributed by atoms with Crippen LogP contribution in [0.4, 0.5) is 0 Å². The molecule has 0 spiro atoms. The number of aromatic nitrogens is 2. The molecule has 0 atom stereocenters. The number of halogens is 1. The molecule has 1 aromatic heterocycles. The maximum atomic E-state index is 12.1. The number of ether oxygens (including phenoxy) is 2. The fraction of sp³-hybridized carbons (Fsp3) is 0.263. The van der Waals surface area contributed by atoms with Crippen molar-refractivity contribution >= 4 is 28.4 Å². The summed E-state index contributed by atoms with van der Waals surface area (Å²) >= 11 is 5.98. The Morgan fingerprint density at radius 3 is 3.00 bits per heavy atom. The number of benzene rings is 2. The molecule has 0 radical (unpaired) electrons. The largest absolute Gasteiger partial charge is 0.454 e. The average Bonchev–Trinajstić information content (AvgIpc) is 3.25. The first kappa shape index (κ1) is 16.7. The van der Waals surface area contributed by atoms with Gasteiger partial charge in [0.25, 0.3) is 0 Å². The normalized spacial score (nSPS) is 12.5. The molecule has 2 aromatic carbocycles. The lowest BCUT2D eigenvalue weighted by molar-refractivity contribution is -0.121. The second kappa shape index (κ2) is 7.25. The van der Waals surface area contributed by atoms with E-state index in [0.29, 0.717) is 24.5 Å². The van der Waals surface area contributed by atoms with Gasteiger partial charge in [0.05, 0.1) is 18.3 Å². The van der Waals surface area contributed by atoms with Crippen molar-refractivity contribution in [2.75, 3.05) is 13.3 Å². The molecule has 1 aliphatic rings. The molecule has 1 N–H and O–H groups in total. The highest BCUT2D eigenvalue weighted by Gasteiger charge is 2.13. The van der Waals surface area contributed by atoms with Crippen LogP contribution >= 0.6 is 11.6 Å². The lowest BCUT2D eigenvalue weighted by Crippen LogP contribution is -2.26. The molecule has 0 saturated carbocycles. The standard InChI is InChI=1S/C19H18ClN3O3/c20-15-2-3-16-14(10-15)11-22-23(16)8-6-19(24)21-7-5-13-1-4-17-18(9-13)26-12-25-17/h1-4,9-11H,5-8,12H2,(H,21,24). The molecular weight excluding hydrogens is 354 g/mol. The lowest BCUT2D eigenvalue weighted by Gasteiger charge is -2.07. The summed E-state index contributed by atoms with van der Waals surface area (Å²) in [5, 5.41) is 8.92. The third-order valence-electron chi connectivity index (χ3n) is 4.33. The summed E-state index contributed by atoms with van der Waals surface area (Å²) in [7, 11) is 0. The quantitative estimate of drug-likeness (QED) is 0.722. The van der Waals surface area contributed by atoms with Gasteiger partial charge in [0.1, 0.15) is 0 Å². The van der Waals surface area contributed by atoms with Crippen molar-refractivity contribution < 1.29 is 14.3 Å². The zero-order valence-electron chi connectivity index (χ0n) is 14.1. The minimum atomic E-state index is 0.00311. The molecule has 2 heterocycles. The Labute approximate surface area is 155 Å². The predicted molar refractivity (Wildman–Crippen MR) is 98.6 cm³/mol. The second-order valence-corrected chi connectivity index (χ2v) is 6.54. The molecule has 6 nitrogen and oxygen atoms in total. The van der Waals surface area contributed by atoms with Crippen molar-refractivity contribution in [3.63, 3.8) is 0 Å². The van der Waals surface area contributed by atoms with Crippen LogP contribution in [0.2, 0.25) is 5.02 Å². The van der Waals surface area contributed by atoms with Gasteiger partial charge < -0.3 is 14.8 Å². The first-order valence-corrected chi connectivity index (χ1v) is 8.83. The van der Waals surface area contributed by atoms with Crippen LogP contribution in [0.1, 0.15) is 12.0 Å². The number of nitrogens with zero attached hydrogens (tertiary/aromatic N) is 2. The smallest absolute Gasteiger partial charge is 0.231 e. The number of fused-ring (bicyclic) bond motifs is 2. The van der Waals surface area contributed by atoms with Crippen molar-refractivity contribution in [1.29, 1.82) is 0 Å². The molecule has 3 aromatic rings. The molecule has 0 unspecified atom stereocenters. The molecule has 7 heteroatoms. The summed E-state index contributed by atoms with van der Waals surface area (Å²) in [5.74, 6) is 1.54. The van der Waals surface area contributed by atoms with Gasteiger partial charge in [-0.3, -0.25) is 9.48 Å². The molecule has 26 heavy (non-hydrogen) atoms.